The number of carbonyl (C=O) groups excluding carboxylic acids is 2. The Bertz CT molecular complexity index is 784. The highest BCUT2D eigenvalue weighted by atomic mass is 33.1. The van der Waals surface area contributed by atoms with Gasteiger partial charge in [0.1, 0.15) is 0 Å². The summed E-state index contributed by atoms with van der Waals surface area (Å²) in [6, 6.07) is 0. The molecule has 14 heteroatoms. The van der Waals surface area contributed by atoms with E-state index >= 15 is 0 Å². The maximum atomic E-state index is 11.7. The fraction of sp³-hybridized carbons (Fsp3) is 0.200. The van der Waals surface area contributed by atoms with Gasteiger partial charge in [-0.15, -0.1) is 0 Å². The number of hydrogen-bond donors (Lipinski definition) is 4. The Morgan fingerprint density at radius 3 is 1.58 bits per heavy atom. The zero-order valence-electron chi connectivity index (χ0n) is 11.6. The highest BCUT2D eigenvalue weighted by Gasteiger charge is 2.35. The van der Waals surface area contributed by atoms with E-state index in [0.29, 0.717) is 10.3 Å². The third-order valence-corrected chi connectivity index (χ3v) is 4.97. The van der Waals surface area contributed by atoms with Crippen LogP contribution in [0.3, 0.4) is 0 Å². The molecule has 0 radical (unpaired) electrons. The van der Waals surface area contributed by atoms with Gasteiger partial charge in [-0.2, -0.15) is 0 Å². The van der Waals surface area contributed by atoms with Crippen molar-refractivity contribution >= 4 is 67.1 Å². The zero-order chi connectivity index (χ0) is 16.8. The summed E-state index contributed by atoms with van der Waals surface area (Å²) in [4.78, 5) is 48.0. The topological polar surface area (TPSA) is 184 Å². The summed E-state index contributed by atoms with van der Waals surface area (Å²) in [5.41, 5.74) is 11.3. The summed E-state index contributed by atoms with van der Waals surface area (Å²) in [5.74, 6) is -0.849. The van der Waals surface area contributed by atoms with E-state index in [9.17, 15) is 9.59 Å². The first kappa shape index (κ1) is 14.8. The van der Waals surface area contributed by atoms with E-state index < -0.39 is 24.1 Å². The number of hydrogen-bond acceptors (Lipinski definition) is 12. The number of fused-ring (bicyclic) bond motifs is 2. The van der Waals surface area contributed by atoms with Gasteiger partial charge in [-0.25, -0.2) is 30.0 Å². The standard InChI is InChI=1S/C10H8N10O2S2/c11-7-15-3-1(5(21)19-7)13-9(17-3)23-24-10-14-2-4(18-10)16-8(12)20-6(2)22/h3-4H,(H3,11,15,19,21)(H3,12,16,20,22). The maximum absolute atomic E-state index is 11.7. The highest BCUT2D eigenvalue weighted by molar-refractivity contribution is 8.87. The van der Waals surface area contributed by atoms with Crippen LogP contribution in [0.2, 0.25) is 0 Å². The van der Waals surface area contributed by atoms with E-state index in [4.69, 9.17) is 11.5 Å². The molecule has 12 nitrogen and oxygen atoms in total. The predicted octanol–water partition coefficient (Wildman–Crippen LogP) is -2.47. The smallest absolute Gasteiger partial charge is 0.276 e. The van der Waals surface area contributed by atoms with E-state index in [1.165, 1.54) is 0 Å². The van der Waals surface area contributed by atoms with Crippen molar-refractivity contribution in [3.05, 3.63) is 0 Å². The molecule has 0 aromatic rings. The molecule has 2 atom stereocenters. The van der Waals surface area contributed by atoms with Crippen molar-refractivity contribution in [1.29, 1.82) is 0 Å². The Morgan fingerprint density at radius 2 is 1.17 bits per heavy atom. The Labute approximate surface area is 141 Å². The number of amidine groups is 2. The van der Waals surface area contributed by atoms with Gasteiger partial charge in [0.25, 0.3) is 11.8 Å². The number of amides is 2. The summed E-state index contributed by atoms with van der Waals surface area (Å²) in [5, 5.41) is 5.39. The summed E-state index contributed by atoms with van der Waals surface area (Å²) in [7, 11) is 2.28. The van der Waals surface area contributed by atoms with Gasteiger partial charge in [0, 0.05) is 0 Å². The fourth-order valence-electron chi connectivity index (χ4n) is 2.07. The van der Waals surface area contributed by atoms with Crippen molar-refractivity contribution in [3.8, 4) is 0 Å². The Balaban J connectivity index is 1.46. The molecule has 2 amide bonds. The van der Waals surface area contributed by atoms with Crippen molar-refractivity contribution in [2.45, 2.75) is 12.3 Å². The van der Waals surface area contributed by atoms with Crippen LogP contribution in [0.15, 0.2) is 30.0 Å². The van der Waals surface area contributed by atoms with Gasteiger partial charge in [-0.1, -0.05) is 0 Å². The second-order valence-electron chi connectivity index (χ2n) is 4.67. The molecule has 0 aromatic carbocycles. The lowest BCUT2D eigenvalue weighted by atomic mass is 10.2. The molecule has 6 N–H and O–H groups in total. The van der Waals surface area contributed by atoms with Crippen LogP contribution in [0, 0.1) is 0 Å². The number of carbonyl (C=O) groups is 2. The number of nitrogens with one attached hydrogen (secondary N) is 2. The minimum absolute atomic E-state index is 0.00343. The zero-order valence-corrected chi connectivity index (χ0v) is 13.3. The minimum Gasteiger partial charge on any atom is -0.370 e. The molecular weight excluding hydrogens is 356 g/mol. The Morgan fingerprint density at radius 1 is 0.750 bits per heavy atom. The molecule has 4 aliphatic rings. The molecule has 2 unspecified atom stereocenters. The molecule has 4 rings (SSSR count). The highest BCUT2D eigenvalue weighted by Crippen LogP contribution is 2.32. The molecular formula is C10H8N10O2S2. The van der Waals surface area contributed by atoms with Crippen LogP contribution in [0.25, 0.3) is 0 Å². The van der Waals surface area contributed by atoms with Crippen molar-refractivity contribution < 1.29 is 9.59 Å². The predicted molar refractivity (Wildman–Crippen MR) is 92.0 cm³/mol. The van der Waals surface area contributed by atoms with E-state index in [1.807, 2.05) is 0 Å². The third-order valence-electron chi connectivity index (χ3n) is 3.05. The Kier molecular flexibility index (Phi) is 3.34. The van der Waals surface area contributed by atoms with Gasteiger partial charge < -0.3 is 11.5 Å². The molecule has 4 aliphatic heterocycles. The van der Waals surface area contributed by atoms with Gasteiger partial charge in [-0.3, -0.25) is 20.2 Å². The molecule has 0 fully saturated rings. The first-order chi connectivity index (χ1) is 11.5. The monoisotopic (exact) mass is 364 g/mol. The molecule has 0 saturated heterocycles. The molecule has 0 aliphatic carbocycles. The normalized spacial score (nSPS) is 27.7. The lowest BCUT2D eigenvalue weighted by Crippen LogP contribution is -2.48. The van der Waals surface area contributed by atoms with E-state index in [2.05, 4.69) is 40.6 Å². The van der Waals surface area contributed by atoms with Gasteiger partial charge in [0.15, 0.2) is 46.0 Å². The third kappa shape index (κ3) is 2.54. The number of rotatable bonds is 0. The van der Waals surface area contributed by atoms with Gasteiger partial charge in [0.2, 0.25) is 0 Å². The number of guanidine groups is 2. The average molecular weight is 364 g/mol. The Hall–Kier alpha value is -2.74. The molecule has 122 valence electrons. The summed E-state index contributed by atoms with van der Waals surface area (Å²) < 4.78 is 0. The van der Waals surface area contributed by atoms with E-state index in [1.54, 1.807) is 0 Å². The van der Waals surface area contributed by atoms with Gasteiger partial charge in [-0.05, 0) is 21.6 Å². The SMILES string of the molecule is NC1=NC2N=C(SSC3=NC4N=C(N)NC(=O)C4=N3)N=C2C(=O)N1. The maximum Gasteiger partial charge on any atom is 0.276 e. The van der Waals surface area contributed by atoms with Crippen LogP contribution >= 0.6 is 21.6 Å². The second-order valence-corrected chi connectivity index (χ2v) is 6.73. The van der Waals surface area contributed by atoms with Crippen molar-refractivity contribution in [1.82, 2.24) is 10.6 Å². The van der Waals surface area contributed by atoms with Crippen LogP contribution in [-0.4, -0.2) is 57.8 Å². The van der Waals surface area contributed by atoms with Gasteiger partial charge in [0.05, 0.1) is 0 Å². The van der Waals surface area contributed by atoms with Crippen molar-refractivity contribution in [2.75, 3.05) is 0 Å². The molecule has 0 bridgehead atoms. The quantitative estimate of drug-likeness (QED) is 0.345. The second kappa shape index (κ2) is 5.41. The van der Waals surface area contributed by atoms with Crippen LogP contribution in [0.5, 0.6) is 0 Å². The molecule has 0 spiro atoms. The van der Waals surface area contributed by atoms with E-state index in [-0.39, 0.29) is 23.3 Å². The van der Waals surface area contributed by atoms with Crippen molar-refractivity contribution in [3.63, 3.8) is 0 Å². The average Bonchev–Trinajstić information content (AvgIpc) is 3.08. The van der Waals surface area contributed by atoms with Crippen LogP contribution in [0.1, 0.15) is 0 Å². The van der Waals surface area contributed by atoms with Crippen molar-refractivity contribution in [2.24, 2.45) is 41.4 Å². The lowest BCUT2D eigenvalue weighted by molar-refractivity contribution is -0.114. The number of nitrogens with zero attached hydrogens (tertiary/aromatic N) is 6. The summed E-state index contributed by atoms with van der Waals surface area (Å²) in [6.45, 7) is 0. The first-order valence-corrected chi connectivity index (χ1v) is 8.61. The van der Waals surface area contributed by atoms with E-state index in [0.717, 1.165) is 21.6 Å². The molecule has 24 heavy (non-hydrogen) atoms. The molecule has 0 aromatic heterocycles. The molecule has 4 heterocycles. The van der Waals surface area contributed by atoms with Gasteiger partial charge >= 0.3 is 0 Å². The fourth-order valence-corrected chi connectivity index (χ4v) is 3.71. The first-order valence-electron chi connectivity index (χ1n) is 6.46. The van der Waals surface area contributed by atoms with Crippen LogP contribution in [-0.2, 0) is 9.59 Å². The molecule has 0 saturated carbocycles. The largest absolute Gasteiger partial charge is 0.370 e. The number of aliphatic imine (C=N–C) groups is 6. The minimum atomic E-state index is -0.726. The number of nitrogens with two attached hydrogens (primary N) is 2. The van der Waals surface area contributed by atoms with Crippen LogP contribution in [0.4, 0.5) is 0 Å². The van der Waals surface area contributed by atoms with Crippen LogP contribution < -0.4 is 22.1 Å². The lowest BCUT2D eigenvalue weighted by Gasteiger charge is -2.13. The summed E-state index contributed by atoms with van der Waals surface area (Å²) >= 11 is 0. The summed E-state index contributed by atoms with van der Waals surface area (Å²) in [6.07, 6.45) is -1.45.